The van der Waals surface area contributed by atoms with E-state index in [1.165, 1.54) is 5.56 Å². The summed E-state index contributed by atoms with van der Waals surface area (Å²) in [6, 6.07) is 15.9. The van der Waals surface area contributed by atoms with Gasteiger partial charge in [0.15, 0.2) is 0 Å². The first-order valence-corrected chi connectivity index (χ1v) is 9.29. The van der Waals surface area contributed by atoms with E-state index in [0.29, 0.717) is 26.3 Å². The summed E-state index contributed by atoms with van der Waals surface area (Å²) in [5, 5.41) is 14.6. The van der Waals surface area contributed by atoms with Gasteiger partial charge in [0.2, 0.25) is 0 Å². The Morgan fingerprint density at radius 1 is 1.04 bits per heavy atom. The summed E-state index contributed by atoms with van der Waals surface area (Å²) in [5.74, 6) is 0.896. The highest BCUT2D eigenvalue weighted by Gasteiger charge is 2.15. The van der Waals surface area contributed by atoms with E-state index in [2.05, 4.69) is 21.7 Å². The van der Waals surface area contributed by atoms with Crippen LogP contribution in [-0.4, -0.2) is 29.3 Å². The van der Waals surface area contributed by atoms with Crippen molar-refractivity contribution in [1.82, 2.24) is 4.90 Å². The number of aliphatic hydroxyl groups excluding tert-OH is 1. The zero-order chi connectivity index (χ0) is 17.3. The normalized spacial score (nSPS) is 12.6. The standard InChI is InChI=1S/C20H23NO3S/c22-19(15-23-14-17-5-2-1-3-6-17)12-21(11-18-8-10-25-16-18)13-20-7-4-9-24-20/h1-10,16,19,22H,11-15H2. The average Bonchev–Trinajstić information content (AvgIpc) is 3.30. The minimum atomic E-state index is -0.544. The predicted molar refractivity (Wildman–Crippen MR) is 99.2 cm³/mol. The van der Waals surface area contributed by atoms with Gasteiger partial charge in [0.1, 0.15) is 5.76 Å². The Morgan fingerprint density at radius 3 is 2.64 bits per heavy atom. The lowest BCUT2D eigenvalue weighted by Crippen LogP contribution is -2.34. The highest BCUT2D eigenvalue weighted by Crippen LogP contribution is 2.14. The molecule has 0 aliphatic heterocycles. The number of nitrogens with zero attached hydrogens (tertiary/aromatic N) is 1. The van der Waals surface area contributed by atoms with Crippen LogP contribution in [0.3, 0.4) is 0 Å². The molecule has 0 amide bonds. The Balaban J connectivity index is 1.49. The maximum Gasteiger partial charge on any atom is 0.117 e. The van der Waals surface area contributed by atoms with Crippen LogP contribution in [0.25, 0.3) is 0 Å². The van der Waals surface area contributed by atoms with Crippen LogP contribution in [0.4, 0.5) is 0 Å². The molecule has 5 heteroatoms. The van der Waals surface area contributed by atoms with Crippen LogP contribution in [0.15, 0.2) is 70.0 Å². The summed E-state index contributed by atoms with van der Waals surface area (Å²) in [4.78, 5) is 2.18. The molecule has 1 aromatic carbocycles. The third-order valence-electron chi connectivity index (χ3n) is 3.84. The lowest BCUT2D eigenvalue weighted by atomic mass is 10.2. The Bertz CT molecular complexity index is 662. The van der Waals surface area contributed by atoms with Gasteiger partial charge in [-0.3, -0.25) is 4.90 Å². The van der Waals surface area contributed by atoms with E-state index in [-0.39, 0.29) is 0 Å². The highest BCUT2D eigenvalue weighted by atomic mass is 32.1. The Kier molecular flexibility index (Phi) is 6.82. The van der Waals surface area contributed by atoms with E-state index in [0.717, 1.165) is 17.9 Å². The predicted octanol–water partition coefficient (Wildman–Crippen LogP) is 3.92. The van der Waals surface area contributed by atoms with Gasteiger partial charge in [-0.05, 0) is 40.1 Å². The first-order chi connectivity index (χ1) is 12.3. The summed E-state index contributed by atoms with van der Waals surface area (Å²) in [6.45, 7) is 2.80. The maximum absolute atomic E-state index is 10.4. The second kappa shape index (κ2) is 9.53. The van der Waals surface area contributed by atoms with Crippen molar-refractivity contribution in [3.05, 3.63) is 82.4 Å². The molecule has 0 fully saturated rings. The summed E-state index contributed by atoms with van der Waals surface area (Å²) in [6.07, 6.45) is 1.13. The summed E-state index contributed by atoms with van der Waals surface area (Å²) in [5.41, 5.74) is 2.36. The number of hydrogen-bond donors (Lipinski definition) is 1. The minimum absolute atomic E-state index is 0.313. The molecule has 3 aromatic rings. The molecule has 1 unspecified atom stereocenters. The van der Waals surface area contributed by atoms with Crippen LogP contribution in [0.1, 0.15) is 16.9 Å². The molecule has 0 radical (unpaired) electrons. The molecule has 1 N–H and O–H groups in total. The van der Waals surface area contributed by atoms with E-state index < -0.39 is 6.10 Å². The molecule has 2 heterocycles. The number of hydrogen-bond acceptors (Lipinski definition) is 5. The molecule has 25 heavy (non-hydrogen) atoms. The topological polar surface area (TPSA) is 45.8 Å². The molecule has 0 spiro atoms. The number of ether oxygens (including phenoxy) is 1. The molecular formula is C20H23NO3S. The van der Waals surface area contributed by atoms with E-state index in [4.69, 9.17) is 9.15 Å². The van der Waals surface area contributed by atoms with Gasteiger partial charge in [0.05, 0.1) is 32.1 Å². The van der Waals surface area contributed by atoms with Crippen molar-refractivity contribution >= 4 is 11.3 Å². The summed E-state index contributed by atoms with van der Waals surface area (Å²) in [7, 11) is 0. The Morgan fingerprint density at radius 2 is 1.92 bits per heavy atom. The highest BCUT2D eigenvalue weighted by molar-refractivity contribution is 7.07. The van der Waals surface area contributed by atoms with E-state index in [1.54, 1.807) is 17.6 Å². The zero-order valence-electron chi connectivity index (χ0n) is 14.1. The van der Waals surface area contributed by atoms with Crippen LogP contribution < -0.4 is 0 Å². The smallest absolute Gasteiger partial charge is 0.117 e. The maximum atomic E-state index is 10.4. The zero-order valence-corrected chi connectivity index (χ0v) is 14.9. The second-order valence-corrected chi connectivity index (χ2v) is 6.82. The van der Waals surface area contributed by atoms with Crippen molar-refractivity contribution in [3.8, 4) is 0 Å². The molecule has 1 atom stereocenters. The fourth-order valence-electron chi connectivity index (χ4n) is 2.69. The lowest BCUT2D eigenvalue weighted by molar-refractivity contribution is 0.00615. The second-order valence-electron chi connectivity index (χ2n) is 6.04. The molecule has 0 saturated carbocycles. The van der Waals surface area contributed by atoms with Crippen molar-refractivity contribution in [2.45, 2.75) is 25.8 Å². The fraction of sp³-hybridized carbons (Fsp3) is 0.300. The van der Waals surface area contributed by atoms with Gasteiger partial charge in [0, 0.05) is 13.1 Å². The largest absolute Gasteiger partial charge is 0.468 e. The van der Waals surface area contributed by atoms with Crippen molar-refractivity contribution in [3.63, 3.8) is 0 Å². The fourth-order valence-corrected chi connectivity index (χ4v) is 3.35. The average molecular weight is 357 g/mol. The van der Waals surface area contributed by atoms with E-state index in [9.17, 15) is 5.11 Å². The summed E-state index contributed by atoms with van der Waals surface area (Å²) < 4.78 is 11.1. The van der Waals surface area contributed by atoms with Crippen LogP contribution in [0.5, 0.6) is 0 Å². The van der Waals surface area contributed by atoms with Crippen molar-refractivity contribution in [1.29, 1.82) is 0 Å². The molecule has 132 valence electrons. The van der Waals surface area contributed by atoms with Crippen molar-refractivity contribution < 1.29 is 14.3 Å². The van der Waals surface area contributed by atoms with Crippen LogP contribution in [-0.2, 0) is 24.4 Å². The first kappa shape index (κ1) is 17.9. The number of benzene rings is 1. The van der Waals surface area contributed by atoms with Gasteiger partial charge in [-0.25, -0.2) is 0 Å². The number of thiophene rings is 1. The van der Waals surface area contributed by atoms with Crippen LogP contribution in [0.2, 0.25) is 0 Å². The molecule has 4 nitrogen and oxygen atoms in total. The molecular weight excluding hydrogens is 334 g/mol. The monoisotopic (exact) mass is 357 g/mol. The number of aliphatic hydroxyl groups is 1. The Labute approximate surface area is 152 Å². The number of furan rings is 1. The minimum Gasteiger partial charge on any atom is -0.468 e. The molecule has 0 aliphatic rings. The van der Waals surface area contributed by atoms with Crippen molar-refractivity contribution in [2.24, 2.45) is 0 Å². The van der Waals surface area contributed by atoms with E-state index in [1.807, 2.05) is 42.5 Å². The third-order valence-corrected chi connectivity index (χ3v) is 4.57. The SMILES string of the molecule is OC(COCc1ccccc1)CN(Cc1ccsc1)Cc1ccco1. The van der Waals surface area contributed by atoms with Gasteiger partial charge < -0.3 is 14.3 Å². The van der Waals surface area contributed by atoms with Gasteiger partial charge in [0.25, 0.3) is 0 Å². The van der Waals surface area contributed by atoms with E-state index >= 15 is 0 Å². The molecule has 0 bridgehead atoms. The van der Waals surface area contributed by atoms with Gasteiger partial charge >= 0.3 is 0 Å². The first-order valence-electron chi connectivity index (χ1n) is 8.35. The Hall–Kier alpha value is -1.92. The lowest BCUT2D eigenvalue weighted by Gasteiger charge is -2.24. The van der Waals surface area contributed by atoms with Crippen molar-refractivity contribution in [2.75, 3.05) is 13.2 Å². The van der Waals surface area contributed by atoms with Crippen LogP contribution in [0, 0.1) is 0 Å². The van der Waals surface area contributed by atoms with Gasteiger partial charge in [-0.15, -0.1) is 0 Å². The molecule has 0 aliphatic carbocycles. The number of rotatable bonds is 10. The summed E-state index contributed by atoms with van der Waals surface area (Å²) >= 11 is 1.68. The molecule has 2 aromatic heterocycles. The third kappa shape index (κ3) is 6.14. The van der Waals surface area contributed by atoms with Gasteiger partial charge in [-0.2, -0.15) is 11.3 Å². The van der Waals surface area contributed by atoms with Crippen LogP contribution >= 0.6 is 11.3 Å². The van der Waals surface area contributed by atoms with Gasteiger partial charge in [-0.1, -0.05) is 30.3 Å². The molecule has 3 rings (SSSR count). The molecule has 0 saturated heterocycles. The quantitative estimate of drug-likeness (QED) is 0.597.